The number of hydrogen-bond acceptors (Lipinski definition) is 2. The van der Waals surface area contributed by atoms with Crippen LogP contribution in [0, 0.1) is 5.82 Å². The molecule has 110 valence electrons. The van der Waals surface area contributed by atoms with Gasteiger partial charge in [-0.3, -0.25) is 4.79 Å². The van der Waals surface area contributed by atoms with Gasteiger partial charge in [0.05, 0.1) is 11.4 Å². The third-order valence-corrected chi connectivity index (χ3v) is 4.33. The number of carbonyl (C=O) groups excluding carboxylic acids is 1. The Kier molecular flexibility index (Phi) is 6.08. The quantitative estimate of drug-likeness (QED) is 0.771. The summed E-state index contributed by atoms with van der Waals surface area (Å²) in [6, 6.07) is 12.0. The summed E-state index contributed by atoms with van der Waals surface area (Å²) < 4.78 is 14.2. The molecule has 0 bridgehead atoms. The van der Waals surface area contributed by atoms with E-state index >= 15 is 0 Å². The largest absolute Gasteiger partial charge is 0.323 e. The maximum atomic E-state index is 13.6. The van der Waals surface area contributed by atoms with Crippen molar-refractivity contribution < 1.29 is 9.18 Å². The van der Waals surface area contributed by atoms with Crippen LogP contribution in [0.5, 0.6) is 0 Å². The molecule has 0 unspecified atom stereocenters. The van der Waals surface area contributed by atoms with Gasteiger partial charge in [-0.25, -0.2) is 4.39 Å². The van der Waals surface area contributed by atoms with Gasteiger partial charge in [-0.2, -0.15) is 0 Å². The minimum atomic E-state index is -0.461. The zero-order valence-electron chi connectivity index (χ0n) is 10.9. The van der Waals surface area contributed by atoms with Crippen molar-refractivity contribution in [3.05, 3.63) is 63.3 Å². The minimum absolute atomic E-state index is 0.187. The average molecular weight is 389 g/mol. The van der Waals surface area contributed by atoms with E-state index in [4.69, 9.17) is 11.6 Å². The lowest BCUT2D eigenvalue weighted by Gasteiger charge is -2.07. The maximum absolute atomic E-state index is 13.6. The number of nitrogens with one attached hydrogen (secondary N) is 1. The van der Waals surface area contributed by atoms with Gasteiger partial charge in [0.2, 0.25) is 5.91 Å². The average Bonchev–Trinajstić information content (AvgIpc) is 2.42. The van der Waals surface area contributed by atoms with Crippen molar-refractivity contribution in [3.63, 3.8) is 0 Å². The summed E-state index contributed by atoms with van der Waals surface area (Å²) in [7, 11) is 0. The number of amides is 1. The van der Waals surface area contributed by atoms with E-state index in [0.29, 0.717) is 15.2 Å². The fraction of sp³-hybridized carbons (Fsp3) is 0.133. The molecule has 0 spiro atoms. The van der Waals surface area contributed by atoms with Gasteiger partial charge in [-0.15, -0.1) is 11.8 Å². The fourth-order valence-electron chi connectivity index (χ4n) is 1.67. The van der Waals surface area contributed by atoms with Crippen molar-refractivity contribution in [1.82, 2.24) is 0 Å². The van der Waals surface area contributed by atoms with Gasteiger partial charge in [-0.05, 0) is 35.9 Å². The Labute approximate surface area is 140 Å². The van der Waals surface area contributed by atoms with Crippen LogP contribution >= 0.6 is 39.3 Å². The Morgan fingerprint density at radius 2 is 2.10 bits per heavy atom. The van der Waals surface area contributed by atoms with Gasteiger partial charge < -0.3 is 5.32 Å². The van der Waals surface area contributed by atoms with Gasteiger partial charge in [0.25, 0.3) is 0 Å². The smallest absolute Gasteiger partial charge is 0.234 e. The molecule has 0 saturated carbocycles. The summed E-state index contributed by atoms with van der Waals surface area (Å²) in [6.07, 6.45) is 0. The summed E-state index contributed by atoms with van der Waals surface area (Å²) in [5, 5.41) is 3.23. The monoisotopic (exact) mass is 387 g/mol. The second-order valence-electron chi connectivity index (χ2n) is 4.30. The highest BCUT2D eigenvalue weighted by molar-refractivity contribution is 9.10. The first kappa shape index (κ1) is 16.3. The molecule has 21 heavy (non-hydrogen) atoms. The number of thioether (sulfide) groups is 1. The number of halogens is 3. The van der Waals surface area contributed by atoms with E-state index in [9.17, 15) is 9.18 Å². The van der Waals surface area contributed by atoms with Crippen LogP contribution in [0.15, 0.2) is 46.9 Å². The molecule has 0 aliphatic heterocycles. The SMILES string of the molecule is O=C(CSCc1cccc(Cl)c1)Nc1ccc(Br)cc1F. The van der Waals surface area contributed by atoms with Crippen LogP contribution in [-0.2, 0) is 10.5 Å². The third-order valence-electron chi connectivity index (χ3n) is 2.60. The van der Waals surface area contributed by atoms with Crippen LogP contribution in [-0.4, -0.2) is 11.7 Å². The lowest BCUT2D eigenvalue weighted by molar-refractivity contribution is -0.113. The van der Waals surface area contributed by atoms with Crippen molar-refractivity contribution in [3.8, 4) is 0 Å². The topological polar surface area (TPSA) is 29.1 Å². The maximum Gasteiger partial charge on any atom is 0.234 e. The second kappa shape index (κ2) is 7.82. The van der Waals surface area contributed by atoms with Gasteiger partial charge in [0, 0.05) is 15.2 Å². The first-order valence-corrected chi connectivity index (χ1v) is 8.44. The van der Waals surface area contributed by atoms with Crippen LogP contribution in [0.1, 0.15) is 5.56 Å². The summed E-state index contributed by atoms with van der Waals surface area (Å²) in [6.45, 7) is 0. The molecule has 0 aromatic heterocycles. The van der Waals surface area contributed by atoms with E-state index in [1.54, 1.807) is 12.1 Å². The Morgan fingerprint density at radius 1 is 1.29 bits per heavy atom. The van der Waals surface area contributed by atoms with Crippen molar-refractivity contribution in [2.24, 2.45) is 0 Å². The second-order valence-corrected chi connectivity index (χ2v) is 6.63. The first-order chi connectivity index (χ1) is 10.0. The minimum Gasteiger partial charge on any atom is -0.323 e. The number of hydrogen-bond donors (Lipinski definition) is 1. The van der Waals surface area contributed by atoms with Crippen molar-refractivity contribution >= 4 is 50.9 Å². The molecule has 2 aromatic rings. The molecule has 2 rings (SSSR count). The van der Waals surface area contributed by atoms with Gasteiger partial charge in [0.15, 0.2) is 0 Å². The lowest BCUT2D eigenvalue weighted by Crippen LogP contribution is -2.15. The highest BCUT2D eigenvalue weighted by atomic mass is 79.9. The van der Waals surface area contributed by atoms with Crippen LogP contribution in [0.2, 0.25) is 5.02 Å². The van der Waals surface area contributed by atoms with E-state index in [1.807, 2.05) is 18.2 Å². The normalized spacial score (nSPS) is 10.4. The predicted molar refractivity (Wildman–Crippen MR) is 90.3 cm³/mol. The Balaban J connectivity index is 1.82. The number of benzene rings is 2. The molecular weight excluding hydrogens is 377 g/mol. The molecule has 2 aromatic carbocycles. The summed E-state index contributed by atoms with van der Waals surface area (Å²) in [5.41, 5.74) is 1.24. The summed E-state index contributed by atoms with van der Waals surface area (Å²) in [5.74, 6) is 0.236. The van der Waals surface area contributed by atoms with E-state index in [2.05, 4.69) is 21.2 Å². The van der Waals surface area contributed by atoms with Crippen LogP contribution in [0.25, 0.3) is 0 Å². The van der Waals surface area contributed by atoms with E-state index in [1.165, 1.54) is 23.9 Å². The van der Waals surface area contributed by atoms with Crippen molar-refractivity contribution in [2.45, 2.75) is 5.75 Å². The number of carbonyl (C=O) groups is 1. The van der Waals surface area contributed by atoms with Gasteiger partial charge >= 0.3 is 0 Å². The molecule has 0 radical (unpaired) electrons. The third kappa shape index (κ3) is 5.34. The highest BCUT2D eigenvalue weighted by Gasteiger charge is 2.07. The standard InChI is InChI=1S/C15H12BrClFNOS/c16-11-4-5-14(13(18)7-11)19-15(20)9-21-8-10-2-1-3-12(17)6-10/h1-7H,8-9H2,(H,19,20). The molecule has 0 aliphatic carbocycles. The zero-order valence-corrected chi connectivity index (χ0v) is 14.1. The Bertz CT molecular complexity index is 653. The summed E-state index contributed by atoms with van der Waals surface area (Å²) >= 11 is 10.5. The Hall–Kier alpha value is -1.04. The molecule has 6 heteroatoms. The number of rotatable bonds is 5. The zero-order chi connectivity index (χ0) is 15.2. The van der Waals surface area contributed by atoms with E-state index in [-0.39, 0.29) is 17.3 Å². The molecule has 0 saturated heterocycles. The predicted octanol–water partition coefficient (Wildman–Crippen LogP) is 5.11. The van der Waals surface area contributed by atoms with E-state index in [0.717, 1.165) is 5.56 Å². The molecule has 1 N–H and O–H groups in total. The summed E-state index contributed by atoms with van der Waals surface area (Å²) in [4.78, 5) is 11.8. The first-order valence-electron chi connectivity index (χ1n) is 6.11. The van der Waals surface area contributed by atoms with E-state index < -0.39 is 5.82 Å². The molecule has 0 fully saturated rings. The van der Waals surface area contributed by atoms with Crippen LogP contribution in [0.3, 0.4) is 0 Å². The molecular formula is C15H12BrClFNOS. The molecule has 0 heterocycles. The molecule has 0 atom stereocenters. The van der Waals surface area contributed by atoms with Gasteiger partial charge in [0.1, 0.15) is 5.82 Å². The molecule has 1 amide bonds. The number of anilines is 1. The van der Waals surface area contributed by atoms with Gasteiger partial charge in [-0.1, -0.05) is 39.7 Å². The van der Waals surface area contributed by atoms with Crippen molar-refractivity contribution in [1.29, 1.82) is 0 Å². The van der Waals surface area contributed by atoms with Crippen LogP contribution in [0.4, 0.5) is 10.1 Å². The van der Waals surface area contributed by atoms with Crippen LogP contribution < -0.4 is 5.32 Å². The van der Waals surface area contributed by atoms with Crippen molar-refractivity contribution in [2.75, 3.05) is 11.1 Å². The molecule has 2 nitrogen and oxygen atoms in total. The lowest BCUT2D eigenvalue weighted by atomic mass is 10.2. The molecule has 0 aliphatic rings. The highest BCUT2D eigenvalue weighted by Crippen LogP contribution is 2.20. The Morgan fingerprint density at radius 3 is 2.81 bits per heavy atom. The fourth-order valence-corrected chi connectivity index (χ4v) is 2.99.